The van der Waals surface area contributed by atoms with Crippen molar-refractivity contribution in [2.75, 3.05) is 68.8 Å². The van der Waals surface area contributed by atoms with Crippen molar-refractivity contribution in [1.29, 1.82) is 0 Å². The number of hydrogen-bond donors (Lipinski definition) is 1. The lowest BCUT2D eigenvalue weighted by molar-refractivity contribution is 0.122. The number of carbonyl (C=O) groups excluding carboxylic acids is 1. The molecule has 2 aliphatic heterocycles. The number of ether oxygens (including phenoxy) is 1. The number of morpholine rings is 1. The van der Waals surface area contributed by atoms with E-state index in [-0.39, 0.29) is 18.1 Å². The van der Waals surface area contributed by atoms with Gasteiger partial charge in [-0.05, 0) is 96.5 Å². The highest BCUT2D eigenvalue weighted by atomic mass is 16.5. The zero-order valence-corrected chi connectivity index (χ0v) is 26.2. The molecule has 9 nitrogen and oxygen atoms in total. The average Bonchev–Trinajstić information content (AvgIpc) is 3.01. The van der Waals surface area contributed by atoms with Crippen LogP contribution in [0, 0.1) is 5.92 Å². The number of nitrogens with zero attached hydrogens (tertiary/aromatic N) is 6. The van der Waals surface area contributed by atoms with Crippen molar-refractivity contribution in [3.05, 3.63) is 36.5 Å². The molecule has 0 unspecified atom stereocenters. The zero-order valence-electron chi connectivity index (χ0n) is 26.2. The van der Waals surface area contributed by atoms with Crippen molar-refractivity contribution >= 4 is 17.7 Å². The summed E-state index contributed by atoms with van der Waals surface area (Å²) in [4.78, 5) is 31.9. The Morgan fingerprint density at radius 2 is 1.57 bits per heavy atom. The van der Waals surface area contributed by atoms with Crippen molar-refractivity contribution in [3.63, 3.8) is 0 Å². The van der Waals surface area contributed by atoms with Crippen LogP contribution in [-0.2, 0) is 4.74 Å². The lowest BCUT2D eigenvalue weighted by Gasteiger charge is -2.38. The van der Waals surface area contributed by atoms with Crippen molar-refractivity contribution in [3.8, 4) is 11.3 Å². The minimum absolute atomic E-state index is 0.0958. The number of urea groups is 1. The second-order valence-electron chi connectivity index (χ2n) is 12.8. The molecule has 2 aromatic rings. The lowest BCUT2D eigenvalue weighted by Crippen LogP contribution is -2.51. The van der Waals surface area contributed by atoms with E-state index in [1.807, 2.05) is 23.2 Å². The molecule has 5 rings (SSSR count). The number of rotatable bonds is 9. The number of anilines is 2. The summed E-state index contributed by atoms with van der Waals surface area (Å²) in [5.41, 5.74) is 2.11. The summed E-state index contributed by atoms with van der Waals surface area (Å²) in [6, 6.07) is 11.3. The molecule has 2 saturated heterocycles. The molecule has 4 heterocycles. The number of piperazine rings is 1. The van der Waals surface area contributed by atoms with Crippen molar-refractivity contribution in [2.24, 2.45) is 5.92 Å². The van der Waals surface area contributed by atoms with Crippen molar-refractivity contribution < 1.29 is 9.53 Å². The Kier molecular flexibility index (Phi) is 10.6. The third-order valence-corrected chi connectivity index (χ3v) is 9.17. The molecule has 2 amide bonds. The highest BCUT2D eigenvalue weighted by Crippen LogP contribution is 2.30. The highest BCUT2D eigenvalue weighted by molar-refractivity contribution is 5.75. The van der Waals surface area contributed by atoms with Gasteiger partial charge < -0.3 is 24.8 Å². The molecular weight excluding hydrogens is 526 g/mol. The van der Waals surface area contributed by atoms with Crippen LogP contribution in [0.2, 0.25) is 0 Å². The van der Waals surface area contributed by atoms with E-state index in [2.05, 4.69) is 70.9 Å². The van der Waals surface area contributed by atoms with Gasteiger partial charge >= 0.3 is 6.03 Å². The molecular formula is C33H51N7O2. The van der Waals surface area contributed by atoms with Crippen molar-refractivity contribution in [2.45, 2.75) is 77.9 Å². The van der Waals surface area contributed by atoms with Gasteiger partial charge in [-0.1, -0.05) is 6.07 Å². The van der Waals surface area contributed by atoms with Gasteiger partial charge in [0.15, 0.2) is 0 Å². The molecule has 1 saturated carbocycles. The number of aromatic nitrogens is 2. The molecule has 0 bridgehead atoms. The van der Waals surface area contributed by atoms with Crippen LogP contribution >= 0.6 is 0 Å². The topological polar surface area (TPSA) is 77.1 Å². The molecule has 0 radical (unpaired) electrons. The fraction of sp³-hybridized carbons (Fsp3) is 0.667. The zero-order chi connectivity index (χ0) is 29.5. The second-order valence-corrected chi connectivity index (χ2v) is 12.8. The summed E-state index contributed by atoms with van der Waals surface area (Å²) < 4.78 is 5.59. The first-order valence-electron chi connectivity index (χ1n) is 16.2. The molecule has 0 atom stereocenters. The predicted molar refractivity (Wildman–Crippen MR) is 170 cm³/mol. The van der Waals surface area contributed by atoms with Gasteiger partial charge in [0.25, 0.3) is 0 Å². The quantitative estimate of drug-likeness (QED) is 0.455. The SMILES string of the molecule is CC(C)N(C(=O)NC1CCC(CCN2CCN(c3cc(-c4ccccn4)cc(N4CCOCC4)n3)CC2)CC1)C(C)C. The normalized spacial score (nSPS) is 22.0. The maximum atomic E-state index is 12.8. The summed E-state index contributed by atoms with van der Waals surface area (Å²) in [5, 5.41) is 3.32. The summed E-state index contributed by atoms with van der Waals surface area (Å²) in [7, 11) is 0. The van der Waals surface area contributed by atoms with Crippen LogP contribution in [-0.4, -0.2) is 103 Å². The van der Waals surface area contributed by atoms with Gasteiger partial charge in [-0.3, -0.25) is 9.88 Å². The Morgan fingerprint density at radius 3 is 2.17 bits per heavy atom. The van der Waals surface area contributed by atoms with Gasteiger partial charge in [-0.2, -0.15) is 0 Å². The number of pyridine rings is 2. The minimum atomic E-state index is 0.0958. The van der Waals surface area contributed by atoms with Crippen LogP contribution < -0.4 is 15.1 Å². The van der Waals surface area contributed by atoms with Crippen molar-refractivity contribution in [1.82, 2.24) is 25.1 Å². The first-order chi connectivity index (χ1) is 20.4. The molecule has 3 aliphatic rings. The molecule has 230 valence electrons. The maximum absolute atomic E-state index is 12.8. The summed E-state index contributed by atoms with van der Waals surface area (Å²) >= 11 is 0. The van der Waals surface area contributed by atoms with Crippen LogP contribution in [0.1, 0.15) is 59.8 Å². The Morgan fingerprint density at radius 1 is 0.929 bits per heavy atom. The first-order valence-corrected chi connectivity index (χ1v) is 16.2. The molecule has 42 heavy (non-hydrogen) atoms. The van der Waals surface area contributed by atoms with E-state index in [1.54, 1.807) is 0 Å². The molecule has 3 fully saturated rings. The van der Waals surface area contributed by atoms with Crippen LogP contribution in [0.4, 0.5) is 16.4 Å². The van der Waals surface area contributed by atoms with Gasteiger partial charge in [0, 0.05) is 69.2 Å². The Labute approximate surface area is 252 Å². The fourth-order valence-electron chi connectivity index (χ4n) is 6.78. The summed E-state index contributed by atoms with van der Waals surface area (Å²) in [6.45, 7) is 16.9. The number of nitrogens with one attached hydrogen (secondary N) is 1. The molecule has 1 aliphatic carbocycles. The largest absolute Gasteiger partial charge is 0.378 e. The molecule has 0 aromatic carbocycles. The summed E-state index contributed by atoms with van der Waals surface area (Å²) in [6.07, 6.45) is 7.72. The van der Waals surface area contributed by atoms with Crippen LogP contribution in [0.25, 0.3) is 11.3 Å². The lowest BCUT2D eigenvalue weighted by atomic mass is 9.84. The van der Waals surface area contributed by atoms with Gasteiger partial charge in [0.2, 0.25) is 0 Å². The fourth-order valence-corrected chi connectivity index (χ4v) is 6.78. The summed E-state index contributed by atoms with van der Waals surface area (Å²) in [5.74, 6) is 2.83. The van der Waals surface area contributed by atoms with E-state index in [0.29, 0.717) is 6.04 Å². The van der Waals surface area contributed by atoms with Gasteiger partial charge in [0.05, 0.1) is 18.9 Å². The Hall–Kier alpha value is -2.91. The van der Waals surface area contributed by atoms with Gasteiger partial charge in [-0.25, -0.2) is 9.78 Å². The molecule has 1 N–H and O–H groups in total. The minimum Gasteiger partial charge on any atom is -0.378 e. The third-order valence-electron chi connectivity index (χ3n) is 9.17. The monoisotopic (exact) mass is 577 g/mol. The standard InChI is InChI=1S/C33H51N7O2/c1-25(2)40(26(3)4)33(41)35-29-10-8-27(9-11-29)12-14-37-15-17-38(18-16-37)31-23-28(30-7-5-6-13-34-30)24-32(36-31)39-19-21-42-22-20-39/h5-7,13,23-27,29H,8-12,14-22H2,1-4H3,(H,35,41). The van der Waals surface area contributed by atoms with E-state index in [9.17, 15) is 4.79 Å². The van der Waals surface area contributed by atoms with Gasteiger partial charge in [-0.15, -0.1) is 0 Å². The number of hydrogen-bond acceptors (Lipinski definition) is 7. The second kappa shape index (κ2) is 14.5. The highest BCUT2D eigenvalue weighted by Gasteiger charge is 2.27. The van der Waals surface area contributed by atoms with Crippen LogP contribution in [0.3, 0.4) is 0 Å². The van der Waals surface area contributed by atoms with E-state index in [0.717, 1.165) is 101 Å². The van der Waals surface area contributed by atoms with Gasteiger partial charge in [0.1, 0.15) is 11.6 Å². The molecule has 0 spiro atoms. The predicted octanol–water partition coefficient (Wildman–Crippen LogP) is 4.88. The van der Waals surface area contributed by atoms with E-state index in [4.69, 9.17) is 9.72 Å². The first kappa shape index (κ1) is 30.5. The smallest absolute Gasteiger partial charge is 0.318 e. The van der Waals surface area contributed by atoms with Crippen LogP contribution in [0.15, 0.2) is 36.5 Å². The molecule has 2 aromatic heterocycles. The van der Waals surface area contributed by atoms with E-state index < -0.39 is 0 Å². The Bertz CT molecular complexity index is 1110. The van der Waals surface area contributed by atoms with Crippen LogP contribution in [0.5, 0.6) is 0 Å². The van der Waals surface area contributed by atoms with E-state index >= 15 is 0 Å². The number of carbonyl (C=O) groups is 1. The van der Waals surface area contributed by atoms with E-state index in [1.165, 1.54) is 19.3 Å². The molecule has 9 heteroatoms. The third kappa shape index (κ3) is 7.92. The number of amides is 2. The average molecular weight is 578 g/mol. The Balaban J connectivity index is 1.10. The maximum Gasteiger partial charge on any atom is 0.318 e.